The average Bonchev–Trinajstić information content (AvgIpc) is 2.32. The lowest BCUT2D eigenvalue weighted by atomic mass is 9.90. The highest BCUT2D eigenvalue weighted by Crippen LogP contribution is 2.17. The summed E-state index contributed by atoms with van der Waals surface area (Å²) in [6, 6.07) is -0.188. The number of carbonyl (C=O) groups is 2. The zero-order valence-electron chi connectivity index (χ0n) is 12.1. The van der Waals surface area contributed by atoms with Gasteiger partial charge in [0.1, 0.15) is 0 Å². The zero-order chi connectivity index (χ0) is 14.3. The summed E-state index contributed by atoms with van der Waals surface area (Å²) in [6.07, 6.45) is 0.977. The Balaban J connectivity index is 4.32. The van der Waals surface area contributed by atoms with E-state index in [1.54, 1.807) is 6.92 Å². The molecule has 0 aliphatic rings. The molecule has 106 valence electrons. The number of rotatable bonds is 7. The van der Waals surface area contributed by atoms with Crippen molar-refractivity contribution in [2.75, 3.05) is 19.6 Å². The maximum absolute atomic E-state index is 11.9. The second-order valence-electron chi connectivity index (χ2n) is 5.45. The highest BCUT2D eigenvalue weighted by Gasteiger charge is 2.21. The van der Waals surface area contributed by atoms with Crippen LogP contribution in [0.5, 0.6) is 0 Å². The maximum Gasteiger partial charge on any atom is 0.317 e. The van der Waals surface area contributed by atoms with Crippen LogP contribution in [0.4, 0.5) is 4.79 Å². The smallest absolute Gasteiger partial charge is 0.317 e. The number of carbonyl (C=O) groups excluding carboxylic acids is 1. The van der Waals surface area contributed by atoms with Crippen LogP contribution in [0.1, 0.15) is 41.0 Å². The number of hydrogen-bond acceptors (Lipinski definition) is 2. The van der Waals surface area contributed by atoms with Crippen LogP contribution in [0, 0.1) is 11.3 Å². The minimum Gasteiger partial charge on any atom is -0.481 e. The summed E-state index contributed by atoms with van der Waals surface area (Å²) < 4.78 is 0. The molecule has 0 aliphatic carbocycles. The van der Waals surface area contributed by atoms with Crippen molar-refractivity contribution in [3.63, 3.8) is 0 Å². The minimum absolute atomic E-state index is 0.0630. The highest BCUT2D eigenvalue weighted by atomic mass is 16.4. The molecule has 0 saturated heterocycles. The van der Waals surface area contributed by atoms with Gasteiger partial charge in [-0.05, 0) is 18.8 Å². The van der Waals surface area contributed by atoms with Gasteiger partial charge in [0.25, 0.3) is 0 Å². The number of nitrogens with zero attached hydrogens (tertiary/aromatic N) is 1. The summed E-state index contributed by atoms with van der Waals surface area (Å²) in [4.78, 5) is 24.2. The lowest BCUT2D eigenvalue weighted by molar-refractivity contribution is -0.141. The summed E-state index contributed by atoms with van der Waals surface area (Å²) in [5, 5.41) is 11.7. The summed E-state index contributed by atoms with van der Waals surface area (Å²) in [5.41, 5.74) is 0.0630. The largest absolute Gasteiger partial charge is 0.481 e. The molecule has 0 aromatic rings. The van der Waals surface area contributed by atoms with Gasteiger partial charge in [0.15, 0.2) is 0 Å². The molecule has 5 heteroatoms. The van der Waals surface area contributed by atoms with Gasteiger partial charge in [0, 0.05) is 19.6 Å². The van der Waals surface area contributed by atoms with E-state index in [9.17, 15) is 9.59 Å². The first-order chi connectivity index (χ1) is 8.23. The Morgan fingerprint density at radius 1 is 1.33 bits per heavy atom. The van der Waals surface area contributed by atoms with E-state index in [-0.39, 0.29) is 18.0 Å². The minimum atomic E-state index is -0.880. The van der Waals surface area contributed by atoms with Crippen molar-refractivity contribution in [3.8, 4) is 0 Å². The van der Waals surface area contributed by atoms with Crippen molar-refractivity contribution in [1.82, 2.24) is 10.2 Å². The molecule has 0 rings (SSSR count). The van der Waals surface area contributed by atoms with Gasteiger partial charge in [0.05, 0.1) is 5.92 Å². The quantitative estimate of drug-likeness (QED) is 0.735. The van der Waals surface area contributed by atoms with E-state index < -0.39 is 11.9 Å². The lowest BCUT2D eigenvalue weighted by Crippen LogP contribution is -2.45. The van der Waals surface area contributed by atoms with Gasteiger partial charge in [-0.2, -0.15) is 0 Å². The number of carboxylic acids is 1. The second-order valence-corrected chi connectivity index (χ2v) is 5.45. The number of carboxylic acid groups (broad SMARTS) is 1. The van der Waals surface area contributed by atoms with Gasteiger partial charge < -0.3 is 15.3 Å². The zero-order valence-corrected chi connectivity index (χ0v) is 12.1. The van der Waals surface area contributed by atoms with Crippen LogP contribution in [0.15, 0.2) is 0 Å². The highest BCUT2D eigenvalue weighted by molar-refractivity contribution is 5.76. The molecule has 0 saturated carbocycles. The third-order valence-electron chi connectivity index (χ3n) is 3.26. The van der Waals surface area contributed by atoms with Gasteiger partial charge in [-0.3, -0.25) is 4.79 Å². The average molecular weight is 258 g/mol. The van der Waals surface area contributed by atoms with Gasteiger partial charge in [-0.15, -0.1) is 0 Å². The molecule has 5 nitrogen and oxygen atoms in total. The molecule has 0 aliphatic heterocycles. The molecule has 1 atom stereocenters. The van der Waals surface area contributed by atoms with Crippen LogP contribution in [-0.2, 0) is 4.79 Å². The van der Waals surface area contributed by atoms with Crippen LogP contribution in [-0.4, -0.2) is 41.6 Å². The van der Waals surface area contributed by atoms with Gasteiger partial charge >= 0.3 is 12.0 Å². The molecule has 0 aromatic carbocycles. The Hall–Kier alpha value is -1.26. The van der Waals surface area contributed by atoms with E-state index in [2.05, 4.69) is 26.1 Å². The predicted octanol–water partition coefficient (Wildman–Crippen LogP) is 2.17. The molecule has 1 unspecified atom stereocenters. The first-order valence-corrected chi connectivity index (χ1v) is 6.49. The Labute approximate surface area is 110 Å². The first kappa shape index (κ1) is 16.7. The van der Waals surface area contributed by atoms with Gasteiger partial charge in [-0.1, -0.05) is 27.7 Å². The monoisotopic (exact) mass is 258 g/mol. The van der Waals surface area contributed by atoms with E-state index in [4.69, 9.17) is 5.11 Å². The molecule has 0 spiro atoms. The van der Waals surface area contributed by atoms with Crippen molar-refractivity contribution in [3.05, 3.63) is 0 Å². The number of amides is 2. The van der Waals surface area contributed by atoms with Crippen LogP contribution >= 0.6 is 0 Å². The summed E-state index contributed by atoms with van der Waals surface area (Å²) in [5.74, 6) is -1.43. The summed E-state index contributed by atoms with van der Waals surface area (Å²) in [7, 11) is 0. The van der Waals surface area contributed by atoms with Crippen LogP contribution in [0.3, 0.4) is 0 Å². The van der Waals surface area contributed by atoms with Gasteiger partial charge in [-0.25, -0.2) is 4.79 Å². The third-order valence-corrected chi connectivity index (χ3v) is 3.26. The van der Waals surface area contributed by atoms with Crippen molar-refractivity contribution in [2.45, 2.75) is 41.0 Å². The van der Waals surface area contributed by atoms with E-state index in [1.807, 2.05) is 6.92 Å². The van der Waals surface area contributed by atoms with E-state index in [0.717, 1.165) is 6.42 Å². The number of nitrogens with one attached hydrogen (secondary N) is 1. The fourth-order valence-corrected chi connectivity index (χ4v) is 1.32. The van der Waals surface area contributed by atoms with Crippen LogP contribution < -0.4 is 5.32 Å². The second kappa shape index (κ2) is 7.24. The normalized spacial score (nSPS) is 12.9. The lowest BCUT2D eigenvalue weighted by Gasteiger charge is -2.27. The molecule has 0 fully saturated rings. The molecule has 0 heterocycles. The van der Waals surface area contributed by atoms with E-state index >= 15 is 0 Å². The third kappa shape index (κ3) is 5.89. The molecular formula is C13H26N2O3. The maximum atomic E-state index is 11.9. The number of hydrogen-bond donors (Lipinski definition) is 2. The molecule has 0 aromatic heterocycles. The molecule has 2 N–H and O–H groups in total. The van der Waals surface area contributed by atoms with Crippen LogP contribution in [0.25, 0.3) is 0 Å². The Kier molecular flexibility index (Phi) is 6.73. The summed E-state index contributed by atoms with van der Waals surface area (Å²) in [6.45, 7) is 11.1. The Morgan fingerprint density at radius 2 is 1.89 bits per heavy atom. The Morgan fingerprint density at radius 3 is 2.28 bits per heavy atom. The molecule has 0 bridgehead atoms. The van der Waals surface area contributed by atoms with Crippen LogP contribution in [0.2, 0.25) is 0 Å². The van der Waals surface area contributed by atoms with E-state index in [0.29, 0.717) is 13.1 Å². The molecule has 18 heavy (non-hydrogen) atoms. The predicted molar refractivity (Wildman–Crippen MR) is 71.5 cm³/mol. The first-order valence-electron chi connectivity index (χ1n) is 6.49. The molecule has 0 radical (unpaired) electrons. The van der Waals surface area contributed by atoms with Gasteiger partial charge in [0.2, 0.25) is 0 Å². The summed E-state index contributed by atoms with van der Waals surface area (Å²) >= 11 is 0. The van der Waals surface area contributed by atoms with Crippen molar-refractivity contribution in [1.29, 1.82) is 0 Å². The topological polar surface area (TPSA) is 69.6 Å². The SMILES string of the molecule is CCN(CC(C)C(=O)O)C(=O)NCC(C)(C)CC. The Bertz CT molecular complexity index is 290. The number of aliphatic carboxylic acids is 1. The number of urea groups is 1. The van der Waals surface area contributed by atoms with Crippen molar-refractivity contribution < 1.29 is 14.7 Å². The van der Waals surface area contributed by atoms with Crippen molar-refractivity contribution in [2.24, 2.45) is 11.3 Å². The molecule has 2 amide bonds. The standard InChI is InChI=1S/C13H26N2O3/c1-6-13(4,5)9-14-12(18)15(7-2)8-10(3)11(16)17/h10H,6-9H2,1-5H3,(H,14,18)(H,16,17). The fraction of sp³-hybridized carbons (Fsp3) is 0.846. The fourth-order valence-electron chi connectivity index (χ4n) is 1.32. The van der Waals surface area contributed by atoms with E-state index in [1.165, 1.54) is 4.90 Å². The van der Waals surface area contributed by atoms with Crippen molar-refractivity contribution >= 4 is 12.0 Å². The molecular weight excluding hydrogens is 232 g/mol.